The minimum absolute atomic E-state index is 0.153. The number of nitrogens with zero attached hydrogens (tertiary/aromatic N) is 2. The molecule has 60 valence electrons. The van der Waals surface area contributed by atoms with Gasteiger partial charge >= 0.3 is 0 Å². The fraction of sp³-hybridized carbons (Fsp3) is 0.222. The van der Waals surface area contributed by atoms with E-state index >= 15 is 0 Å². The first-order chi connectivity index (χ1) is 5.75. The average Bonchev–Trinajstić information content (AvgIpc) is 2.17. The normalized spacial score (nSPS) is 11.7. The lowest BCUT2D eigenvalue weighted by molar-refractivity contribution is 0.0956. The van der Waals surface area contributed by atoms with Crippen LogP contribution in [0.5, 0.6) is 0 Å². The van der Waals surface area contributed by atoms with Crippen molar-refractivity contribution in [2.24, 2.45) is 5.92 Å². The van der Waals surface area contributed by atoms with Crippen molar-refractivity contribution in [3.8, 4) is 6.07 Å². The van der Waals surface area contributed by atoms with Crippen LogP contribution in [0.2, 0.25) is 0 Å². The molecule has 3 nitrogen and oxygen atoms in total. The largest absolute Gasteiger partial charge is 0.293 e. The Labute approximate surface area is 70.7 Å². The van der Waals surface area contributed by atoms with Crippen LogP contribution in [0.4, 0.5) is 0 Å². The van der Waals surface area contributed by atoms with Crippen LogP contribution in [0.25, 0.3) is 0 Å². The molecule has 0 aliphatic heterocycles. The van der Waals surface area contributed by atoms with Crippen molar-refractivity contribution >= 4 is 5.78 Å². The van der Waals surface area contributed by atoms with E-state index < -0.39 is 5.92 Å². The molecule has 0 aromatic carbocycles. The van der Waals surface area contributed by atoms with Gasteiger partial charge < -0.3 is 0 Å². The lowest BCUT2D eigenvalue weighted by Gasteiger charge is -1.99. The summed E-state index contributed by atoms with van der Waals surface area (Å²) in [5, 5.41) is 8.48. The van der Waals surface area contributed by atoms with Crippen molar-refractivity contribution in [3.05, 3.63) is 30.1 Å². The van der Waals surface area contributed by atoms with Gasteiger partial charge in [-0.2, -0.15) is 5.26 Å². The third-order valence-corrected chi connectivity index (χ3v) is 1.55. The van der Waals surface area contributed by atoms with Gasteiger partial charge in [0.05, 0.1) is 6.07 Å². The summed E-state index contributed by atoms with van der Waals surface area (Å²) in [7, 11) is 0. The topological polar surface area (TPSA) is 53.8 Å². The maximum Gasteiger partial charge on any atom is 0.179 e. The molecule has 0 unspecified atom stereocenters. The molecular formula is C9H8N2O. The molecule has 0 bridgehead atoms. The van der Waals surface area contributed by atoms with E-state index in [0.29, 0.717) is 5.56 Å². The smallest absolute Gasteiger partial charge is 0.179 e. The predicted octanol–water partition coefficient (Wildman–Crippen LogP) is 1.42. The van der Waals surface area contributed by atoms with E-state index in [1.165, 1.54) is 12.4 Å². The summed E-state index contributed by atoms with van der Waals surface area (Å²) in [5.74, 6) is -0.729. The summed E-state index contributed by atoms with van der Waals surface area (Å²) in [6.07, 6.45) is 3.08. The third kappa shape index (κ3) is 1.67. The maximum absolute atomic E-state index is 11.3. The molecule has 1 rings (SSSR count). The zero-order valence-corrected chi connectivity index (χ0v) is 6.69. The quantitative estimate of drug-likeness (QED) is 0.615. The highest BCUT2D eigenvalue weighted by atomic mass is 16.1. The number of ketones is 1. The Balaban J connectivity index is 2.88. The number of pyridine rings is 1. The van der Waals surface area contributed by atoms with Gasteiger partial charge in [-0.05, 0) is 19.1 Å². The molecule has 3 heteroatoms. The van der Waals surface area contributed by atoms with Crippen LogP contribution in [-0.4, -0.2) is 10.8 Å². The summed E-state index contributed by atoms with van der Waals surface area (Å²) < 4.78 is 0. The SMILES string of the molecule is C[C@@H](C#N)C(=O)c1ccncc1. The van der Waals surface area contributed by atoms with Gasteiger partial charge in [0.25, 0.3) is 0 Å². The molecule has 1 aromatic heterocycles. The van der Waals surface area contributed by atoms with Gasteiger partial charge in [-0.25, -0.2) is 0 Å². The molecule has 0 fully saturated rings. The molecular weight excluding hydrogens is 152 g/mol. The van der Waals surface area contributed by atoms with Crippen LogP contribution in [0, 0.1) is 17.2 Å². The Morgan fingerprint density at radius 2 is 2.17 bits per heavy atom. The molecule has 12 heavy (non-hydrogen) atoms. The van der Waals surface area contributed by atoms with Crippen molar-refractivity contribution < 1.29 is 4.79 Å². The van der Waals surface area contributed by atoms with Gasteiger partial charge in [-0.3, -0.25) is 9.78 Å². The summed E-state index contributed by atoms with van der Waals surface area (Å²) in [6.45, 7) is 1.59. The lowest BCUT2D eigenvalue weighted by atomic mass is 10.0. The summed E-state index contributed by atoms with van der Waals surface area (Å²) in [6, 6.07) is 5.11. The van der Waals surface area contributed by atoms with E-state index in [4.69, 9.17) is 5.26 Å². The third-order valence-electron chi connectivity index (χ3n) is 1.55. The summed E-state index contributed by atoms with van der Waals surface area (Å²) in [4.78, 5) is 15.1. The fourth-order valence-corrected chi connectivity index (χ4v) is 0.825. The minimum Gasteiger partial charge on any atom is -0.293 e. The van der Waals surface area contributed by atoms with E-state index in [-0.39, 0.29) is 5.78 Å². The highest BCUT2D eigenvalue weighted by molar-refractivity contribution is 5.98. The van der Waals surface area contributed by atoms with Crippen LogP contribution in [0.3, 0.4) is 0 Å². The van der Waals surface area contributed by atoms with Crippen LogP contribution in [0.1, 0.15) is 17.3 Å². The second kappa shape index (κ2) is 3.63. The van der Waals surface area contributed by atoms with Crippen molar-refractivity contribution in [1.29, 1.82) is 5.26 Å². The standard InChI is InChI=1S/C9H8N2O/c1-7(6-10)9(12)8-2-4-11-5-3-8/h2-5,7H,1H3/t7-/m0/s1. The van der Waals surface area contributed by atoms with E-state index in [0.717, 1.165) is 0 Å². The number of hydrogen-bond donors (Lipinski definition) is 0. The van der Waals surface area contributed by atoms with Crippen molar-refractivity contribution in [2.45, 2.75) is 6.92 Å². The Bertz CT molecular complexity index is 313. The highest BCUT2D eigenvalue weighted by Crippen LogP contribution is 2.05. The Morgan fingerprint density at radius 1 is 1.58 bits per heavy atom. The molecule has 0 aliphatic rings. The number of aromatic nitrogens is 1. The molecule has 0 N–H and O–H groups in total. The van der Waals surface area contributed by atoms with Crippen LogP contribution >= 0.6 is 0 Å². The first kappa shape index (κ1) is 8.41. The Kier molecular flexibility index (Phi) is 2.54. The molecule has 0 saturated carbocycles. The van der Waals surface area contributed by atoms with Gasteiger partial charge in [0, 0.05) is 18.0 Å². The summed E-state index contributed by atoms with van der Waals surface area (Å²) >= 11 is 0. The van der Waals surface area contributed by atoms with Crippen molar-refractivity contribution in [3.63, 3.8) is 0 Å². The van der Waals surface area contributed by atoms with E-state index in [1.807, 2.05) is 6.07 Å². The second-order valence-electron chi connectivity index (χ2n) is 2.45. The van der Waals surface area contributed by atoms with Gasteiger partial charge in [0.2, 0.25) is 0 Å². The maximum atomic E-state index is 11.3. The molecule has 0 spiro atoms. The van der Waals surface area contributed by atoms with E-state index in [1.54, 1.807) is 19.1 Å². The molecule has 1 heterocycles. The molecule has 0 radical (unpaired) electrons. The van der Waals surface area contributed by atoms with E-state index in [9.17, 15) is 4.79 Å². The first-order valence-electron chi connectivity index (χ1n) is 3.59. The van der Waals surface area contributed by atoms with Gasteiger partial charge in [-0.1, -0.05) is 0 Å². The van der Waals surface area contributed by atoms with Crippen LogP contribution in [-0.2, 0) is 0 Å². The molecule has 0 saturated heterocycles. The monoisotopic (exact) mass is 160 g/mol. The number of rotatable bonds is 2. The first-order valence-corrected chi connectivity index (χ1v) is 3.59. The number of carbonyl (C=O) groups is 1. The van der Waals surface area contributed by atoms with Crippen molar-refractivity contribution in [1.82, 2.24) is 4.98 Å². The number of carbonyl (C=O) groups excluding carboxylic acids is 1. The second-order valence-corrected chi connectivity index (χ2v) is 2.45. The van der Waals surface area contributed by atoms with Gasteiger partial charge in [0.1, 0.15) is 5.92 Å². The number of Topliss-reactive ketones (excluding diaryl/α,β-unsaturated/α-hetero) is 1. The van der Waals surface area contributed by atoms with Crippen LogP contribution in [0.15, 0.2) is 24.5 Å². The Hall–Kier alpha value is -1.69. The van der Waals surface area contributed by atoms with Crippen LogP contribution < -0.4 is 0 Å². The number of nitriles is 1. The van der Waals surface area contributed by atoms with Crippen molar-refractivity contribution in [2.75, 3.05) is 0 Å². The molecule has 0 amide bonds. The zero-order valence-electron chi connectivity index (χ0n) is 6.69. The van der Waals surface area contributed by atoms with Gasteiger partial charge in [-0.15, -0.1) is 0 Å². The fourth-order valence-electron chi connectivity index (χ4n) is 0.825. The lowest BCUT2D eigenvalue weighted by Crippen LogP contribution is -2.08. The zero-order chi connectivity index (χ0) is 8.97. The Morgan fingerprint density at radius 3 is 2.67 bits per heavy atom. The van der Waals surface area contributed by atoms with Gasteiger partial charge in [0.15, 0.2) is 5.78 Å². The van der Waals surface area contributed by atoms with E-state index in [2.05, 4.69) is 4.98 Å². The highest BCUT2D eigenvalue weighted by Gasteiger charge is 2.12. The molecule has 1 atom stereocenters. The molecule has 1 aromatic rings. The molecule has 0 aliphatic carbocycles. The average molecular weight is 160 g/mol. The summed E-state index contributed by atoms with van der Waals surface area (Å²) in [5.41, 5.74) is 0.541. The minimum atomic E-state index is -0.576. The number of hydrogen-bond acceptors (Lipinski definition) is 3. The predicted molar refractivity (Wildman–Crippen MR) is 43.3 cm³/mol.